The number of aromatic nitrogens is 2. The minimum Gasteiger partial charge on any atom is -0.469 e. The predicted molar refractivity (Wildman–Crippen MR) is 93.8 cm³/mol. The second-order valence-corrected chi connectivity index (χ2v) is 5.53. The van der Waals surface area contributed by atoms with Crippen LogP contribution in [0.4, 0.5) is 5.69 Å². The minimum atomic E-state index is -0.276. The van der Waals surface area contributed by atoms with Gasteiger partial charge in [-0.25, -0.2) is 0 Å². The van der Waals surface area contributed by atoms with Gasteiger partial charge in [-0.3, -0.25) is 14.8 Å². The summed E-state index contributed by atoms with van der Waals surface area (Å²) < 4.78 is 4.84. The van der Waals surface area contributed by atoms with E-state index >= 15 is 0 Å². The van der Waals surface area contributed by atoms with E-state index in [1.54, 1.807) is 12.4 Å². The van der Waals surface area contributed by atoms with Crippen LogP contribution in [0.1, 0.15) is 16.8 Å². The molecule has 1 aromatic carbocycles. The molecule has 0 aliphatic heterocycles. The number of benzene rings is 1. The van der Waals surface area contributed by atoms with Gasteiger partial charge in [-0.05, 0) is 30.7 Å². The molecule has 0 aliphatic carbocycles. The van der Waals surface area contributed by atoms with Crippen LogP contribution < -0.4 is 5.32 Å². The molecule has 0 bridgehead atoms. The van der Waals surface area contributed by atoms with Crippen LogP contribution in [0.15, 0.2) is 48.8 Å². The summed E-state index contributed by atoms with van der Waals surface area (Å²) >= 11 is 0. The Kier molecular flexibility index (Phi) is 4.70. The largest absolute Gasteiger partial charge is 0.469 e. The van der Waals surface area contributed by atoms with Crippen molar-refractivity contribution < 1.29 is 9.53 Å². The molecule has 122 valence electrons. The van der Waals surface area contributed by atoms with E-state index < -0.39 is 0 Å². The Morgan fingerprint density at radius 3 is 2.67 bits per heavy atom. The maximum atomic E-state index is 11.8. The van der Waals surface area contributed by atoms with Gasteiger partial charge in [-0.2, -0.15) is 0 Å². The highest BCUT2D eigenvalue weighted by Gasteiger charge is 2.16. The van der Waals surface area contributed by atoms with Crippen LogP contribution in [-0.4, -0.2) is 23.0 Å². The predicted octanol–water partition coefficient (Wildman–Crippen LogP) is 3.27. The first-order chi connectivity index (χ1) is 11.7. The van der Waals surface area contributed by atoms with E-state index in [-0.39, 0.29) is 12.4 Å². The van der Waals surface area contributed by atoms with Crippen molar-refractivity contribution in [1.29, 1.82) is 0 Å². The van der Waals surface area contributed by atoms with Crippen LogP contribution in [0.25, 0.3) is 10.9 Å². The first kappa shape index (κ1) is 15.9. The molecule has 0 amide bonds. The van der Waals surface area contributed by atoms with Crippen molar-refractivity contribution in [3.63, 3.8) is 0 Å². The fraction of sp³-hybridized carbons (Fsp3) is 0.211. The summed E-state index contributed by atoms with van der Waals surface area (Å²) in [5.74, 6) is -0.276. The fourth-order valence-electron chi connectivity index (χ4n) is 2.70. The summed E-state index contributed by atoms with van der Waals surface area (Å²) in [5, 5.41) is 4.46. The average Bonchev–Trinajstić information content (AvgIpc) is 2.62. The minimum absolute atomic E-state index is 0.193. The lowest BCUT2D eigenvalue weighted by Gasteiger charge is -2.16. The van der Waals surface area contributed by atoms with Crippen molar-refractivity contribution in [3.05, 3.63) is 65.6 Å². The number of para-hydroxylation sites is 1. The van der Waals surface area contributed by atoms with E-state index in [0.29, 0.717) is 6.54 Å². The highest BCUT2D eigenvalue weighted by Crippen LogP contribution is 2.29. The topological polar surface area (TPSA) is 64.1 Å². The molecule has 0 saturated heterocycles. The van der Waals surface area contributed by atoms with Gasteiger partial charge in [-0.15, -0.1) is 0 Å². The molecule has 0 spiro atoms. The molecule has 0 radical (unpaired) electrons. The van der Waals surface area contributed by atoms with Crippen molar-refractivity contribution >= 4 is 22.6 Å². The van der Waals surface area contributed by atoms with Gasteiger partial charge in [0.2, 0.25) is 0 Å². The van der Waals surface area contributed by atoms with Gasteiger partial charge in [-0.1, -0.05) is 18.2 Å². The summed E-state index contributed by atoms with van der Waals surface area (Å²) in [6.07, 6.45) is 3.73. The van der Waals surface area contributed by atoms with Gasteiger partial charge in [0.05, 0.1) is 19.0 Å². The molecule has 3 aromatic rings. The Bertz CT molecular complexity index is 863. The third-order valence-electron chi connectivity index (χ3n) is 3.97. The van der Waals surface area contributed by atoms with Gasteiger partial charge >= 0.3 is 5.97 Å². The number of carbonyl (C=O) groups excluding carboxylic acids is 1. The van der Waals surface area contributed by atoms with E-state index in [2.05, 4.69) is 15.3 Å². The average molecular weight is 321 g/mol. The number of carbonyl (C=O) groups is 1. The second kappa shape index (κ2) is 7.08. The maximum absolute atomic E-state index is 11.8. The lowest BCUT2D eigenvalue weighted by atomic mass is 10.0. The van der Waals surface area contributed by atoms with Crippen LogP contribution in [-0.2, 0) is 22.5 Å². The number of esters is 1. The number of hydrogen-bond acceptors (Lipinski definition) is 5. The van der Waals surface area contributed by atoms with Crippen LogP contribution in [0.2, 0.25) is 0 Å². The molecule has 2 aromatic heterocycles. The van der Waals surface area contributed by atoms with Crippen LogP contribution in [0.5, 0.6) is 0 Å². The van der Waals surface area contributed by atoms with Crippen LogP contribution >= 0.6 is 0 Å². The molecule has 24 heavy (non-hydrogen) atoms. The quantitative estimate of drug-likeness (QED) is 0.731. The summed E-state index contributed by atoms with van der Waals surface area (Å²) in [6.45, 7) is 2.56. The van der Waals surface area contributed by atoms with Crippen molar-refractivity contribution in [2.75, 3.05) is 12.4 Å². The van der Waals surface area contributed by atoms with E-state index in [1.165, 1.54) is 7.11 Å². The Morgan fingerprint density at radius 1 is 1.17 bits per heavy atom. The standard InChI is InChI=1S/C19H19N3O2/c1-13-16(11-18(23)24-2)19(15-5-3-4-6-17(15)22-13)21-12-14-7-9-20-10-8-14/h3-10H,11-12H2,1-2H3,(H,21,22). The molecule has 3 rings (SSSR count). The number of nitrogens with one attached hydrogen (secondary N) is 1. The van der Waals surface area contributed by atoms with Crippen LogP contribution in [0.3, 0.4) is 0 Å². The number of aryl methyl sites for hydroxylation is 1. The molecule has 0 saturated carbocycles. The number of anilines is 1. The van der Waals surface area contributed by atoms with E-state index in [0.717, 1.165) is 33.4 Å². The molecule has 0 atom stereocenters. The normalized spacial score (nSPS) is 10.6. The number of methoxy groups -OCH3 is 1. The highest BCUT2D eigenvalue weighted by atomic mass is 16.5. The monoisotopic (exact) mass is 321 g/mol. The smallest absolute Gasteiger partial charge is 0.310 e. The number of fused-ring (bicyclic) bond motifs is 1. The van der Waals surface area contributed by atoms with Crippen molar-refractivity contribution in [2.24, 2.45) is 0 Å². The lowest BCUT2D eigenvalue weighted by molar-refractivity contribution is -0.139. The molecular formula is C19H19N3O2. The Hall–Kier alpha value is -2.95. The molecule has 5 heteroatoms. The maximum Gasteiger partial charge on any atom is 0.310 e. The van der Waals surface area contributed by atoms with Gasteiger partial charge in [0.25, 0.3) is 0 Å². The first-order valence-electron chi connectivity index (χ1n) is 7.77. The van der Waals surface area contributed by atoms with Gasteiger partial charge in [0, 0.05) is 41.3 Å². The lowest BCUT2D eigenvalue weighted by Crippen LogP contribution is -2.11. The Balaban J connectivity index is 2.03. The van der Waals surface area contributed by atoms with Crippen LogP contribution in [0, 0.1) is 6.92 Å². The third-order valence-corrected chi connectivity index (χ3v) is 3.97. The van der Waals surface area contributed by atoms with Crippen molar-refractivity contribution in [1.82, 2.24) is 9.97 Å². The van der Waals surface area contributed by atoms with E-state index in [1.807, 2.05) is 43.3 Å². The SMILES string of the molecule is COC(=O)Cc1c(C)nc2ccccc2c1NCc1ccncc1. The molecule has 5 nitrogen and oxygen atoms in total. The number of hydrogen-bond donors (Lipinski definition) is 1. The third kappa shape index (κ3) is 3.35. The molecule has 0 unspecified atom stereocenters. The van der Waals surface area contributed by atoms with Crippen molar-refractivity contribution in [3.8, 4) is 0 Å². The fourth-order valence-corrected chi connectivity index (χ4v) is 2.70. The molecule has 2 heterocycles. The van der Waals surface area contributed by atoms with E-state index in [9.17, 15) is 4.79 Å². The zero-order chi connectivity index (χ0) is 16.9. The zero-order valence-electron chi connectivity index (χ0n) is 13.7. The first-order valence-corrected chi connectivity index (χ1v) is 7.77. The van der Waals surface area contributed by atoms with Gasteiger partial charge < -0.3 is 10.1 Å². The number of pyridine rings is 2. The molecule has 1 N–H and O–H groups in total. The Labute approximate surface area is 140 Å². The second-order valence-electron chi connectivity index (χ2n) is 5.53. The number of ether oxygens (including phenoxy) is 1. The summed E-state index contributed by atoms with van der Waals surface area (Å²) in [4.78, 5) is 20.5. The van der Waals surface area contributed by atoms with Crippen molar-refractivity contribution in [2.45, 2.75) is 19.9 Å². The van der Waals surface area contributed by atoms with E-state index in [4.69, 9.17) is 4.74 Å². The number of rotatable bonds is 5. The summed E-state index contributed by atoms with van der Waals surface area (Å²) in [6, 6.07) is 11.8. The number of nitrogens with zero attached hydrogens (tertiary/aromatic N) is 2. The summed E-state index contributed by atoms with van der Waals surface area (Å²) in [5.41, 5.74) is 4.65. The molecule has 0 fully saturated rings. The van der Waals surface area contributed by atoms with Gasteiger partial charge in [0.15, 0.2) is 0 Å². The molecular weight excluding hydrogens is 302 g/mol. The summed E-state index contributed by atoms with van der Waals surface area (Å²) in [7, 11) is 1.40. The molecule has 0 aliphatic rings. The van der Waals surface area contributed by atoms with Gasteiger partial charge in [0.1, 0.15) is 0 Å². The Morgan fingerprint density at radius 2 is 1.92 bits per heavy atom. The highest BCUT2D eigenvalue weighted by molar-refractivity contribution is 5.95. The zero-order valence-corrected chi connectivity index (χ0v) is 13.7.